The molecule has 1 aliphatic heterocycles. The summed E-state index contributed by atoms with van der Waals surface area (Å²) < 4.78 is 0. The standard InChI is InChI=1S/C20H27N3O/c1-17-21-13-10-19(22-17)23-14-6-12-20(15-23,16-24)11-5-9-18-7-3-2-4-8-18/h2-4,7-8,10,13,24H,5-6,9,11-12,14-16H2,1H3. The Kier molecular flexibility index (Phi) is 5.46. The van der Waals surface area contributed by atoms with Crippen molar-refractivity contribution in [1.29, 1.82) is 0 Å². The lowest BCUT2D eigenvalue weighted by Crippen LogP contribution is -2.46. The number of piperidine rings is 1. The van der Waals surface area contributed by atoms with Crippen LogP contribution in [0.25, 0.3) is 0 Å². The summed E-state index contributed by atoms with van der Waals surface area (Å²) in [5.41, 5.74) is 1.37. The van der Waals surface area contributed by atoms with Crippen molar-refractivity contribution < 1.29 is 5.11 Å². The van der Waals surface area contributed by atoms with Crippen molar-refractivity contribution >= 4 is 5.82 Å². The molecule has 0 radical (unpaired) electrons. The average Bonchev–Trinajstić information content (AvgIpc) is 2.63. The van der Waals surface area contributed by atoms with Crippen LogP contribution in [0.3, 0.4) is 0 Å². The van der Waals surface area contributed by atoms with Crippen LogP contribution in [0, 0.1) is 12.3 Å². The van der Waals surface area contributed by atoms with E-state index in [1.54, 1.807) is 0 Å². The summed E-state index contributed by atoms with van der Waals surface area (Å²) in [4.78, 5) is 11.1. The van der Waals surface area contributed by atoms with Gasteiger partial charge in [-0.3, -0.25) is 0 Å². The third-order valence-electron chi connectivity index (χ3n) is 5.10. The molecule has 3 rings (SSSR count). The molecule has 2 aromatic rings. The van der Waals surface area contributed by atoms with Crippen molar-refractivity contribution in [2.24, 2.45) is 5.41 Å². The zero-order valence-electron chi connectivity index (χ0n) is 14.5. The van der Waals surface area contributed by atoms with Gasteiger partial charge in [0.2, 0.25) is 0 Å². The van der Waals surface area contributed by atoms with Crippen molar-refractivity contribution in [2.75, 3.05) is 24.6 Å². The Labute approximate surface area is 144 Å². The van der Waals surface area contributed by atoms with E-state index in [4.69, 9.17) is 0 Å². The highest BCUT2D eigenvalue weighted by atomic mass is 16.3. The number of benzene rings is 1. The van der Waals surface area contributed by atoms with Gasteiger partial charge in [-0.05, 0) is 50.7 Å². The number of hydrogen-bond donors (Lipinski definition) is 1. The quantitative estimate of drug-likeness (QED) is 0.884. The Balaban J connectivity index is 1.63. The van der Waals surface area contributed by atoms with E-state index >= 15 is 0 Å². The number of hydrogen-bond acceptors (Lipinski definition) is 4. The van der Waals surface area contributed by atoms with Crippen LogP contribution in [-0.2, 0) is 6.42 Å². The van der Waals surface area contributed by atoms with Gasteiger partial charge in [0.15, 0.2) is 0 Å². The van der Waals surface area contributed by atoms with Crippen LogP contribution in [0.4, 0.5) is 5.82 Å². The minimum absolute atomic E-state index is 0.00805. The molecule has 1 unspecified atom stereocenters. The van der Waals surface area contributed by atoms with E-state index in [9.17, 15) is 5.11 Å². The molecule has 4 heteroatoms. The van der Waals surface area contributed by atoms with Gasteiger partial charge < -0.3 is 10.0 Å². The van der Waals surface area contributed by atoms with Crippen LogP contribution < -0.4 is 4.90 Å². The van der Waals surface area contributed by atoms with Crippen LogP contribution in [-0.4, -0.2) is 34.8 Å². The van der Waals surface area contributed by atoms with Crippen molar-refractivity contribution in [1.82, 2.24) is 9.97 Å². The normalized spacial score (nSPS) is 21.0. The van der Waals surface area contributed by atoms with Gasteiger partial charge in [0.1, 0.15) is 11.6 Å². The van der Waals surface area contributed by atoms with E-state index < -0.39 is 0 Å². The predicted molar refractivity (Wildman–Crippen MR) is 97.1 cm³/mol. The van der Waals surface area contributed by atoms with E-state index in [1.807, 2.05) is 19.2 Å². The zero-order chi connectivity index (χ0) is 16.8. The Hall–Kier alpha value is -1.94. The van der Waals surface area contributed by atoms with Crippen LogP contribution in [0.5, 0.6) is 0 Å². The van der Waals surface area contributed by atoms with Crippen LogP contribution in [0.2, 0.25) is 0 Å². The smallest absolute Gasteiger partial charge is 0.132 e. The van der Waals surface area contributed by atoms with Crippen LogP contribution >= 0.6 is 0 Å². The van der Waals surface area contributed by atoms with Crippen molar-refractivity contribution in [2.45, 2.75) is 39.0 Å². The van der Waals surface area contributed by atoms with Crippen molar-refractivity contribution in [3.8, 4) is 0 Å². The minimum atomic E-state index is -0.00805. The first kappa shape index (κ1) is 16.9. The molecule has 24 heavy (non-hydrogen) atoms. The molecule has 1 aromatic carbocycles. The second-order valence-corrected chi connectivity index (χ2v) is 6.98. The summed E-state index contributed by atoms with van der Waals surface area (Å²) in [7, 11) is 0. The molecule has 0 spiro atoms. The highest BCUT2D eigenvalue weighted by Gasteiger charge is 2.35. The van der Waals surface area contributed by atoms with Crippen LogP contribution in [0.15, 0.2) is 42.6 Å². The second-order valence-electron chi connectivity index (χ2n) is 6.98. The maximum Gasteiger partial charge on any atom is 0.132 e. The van der Waals surface area contributed by atoms with E-state index in [0.717, 1.165) is 56.8 Å². The summed E-state index contributed by atoms with van der Waals surface area (Å²) in [5.74, 6) is 1.79. The summed E-state index contributed by atoms with van der Waals surface area (Å²) in [6.45, 7) is 4.07. The molecule has 1 N–H and O–H groups in total. The van der Waals surface area contributed by atoms with Gasteiger partial charge in [-0.25, -0.2) is 9.97 Å². The molecule has 0 bridgehead atoms. The van der Waals surface area contributed by atoms with Gasteiger partial charge in [-0.1, -0.05) is 30.3 Å². The van der Waals surface area contributed by atoms with Crippen molar-refractivity contribution in [3.05, 3.63) is 54.0 Å². The van der Waals surface area contributed by atoms with Gasteiger partial charge in [-0.2, -0.15) is 0 Å². The maximum atomic E-state index is 10.1. The maximum absolute atomic E-state index is 10.1. The third kappa shape index (κ3) is 4.12. The predicted octanol–water partition coefficient (Wildman–Crippen LogP) is 3.39. The molecular weight excluding hydrogens is 298 g/mol. The second kappa shape index (κ2) is 7.75. The Morgan fingerprint density at radius 3 is 2.79 bits per heavy atom. The SMILES string of the molecule is Cc1nccc(N2CCCC(CO)(CCCc3ccccc3)C2)n1. The number of aromatic nitrogens is 2. The fourth-order valence-electron chi connectivity index (χ4n) is 3.75. The summed E-state index contributed by atoms with van der Waals surface area (Å²) in [6.07, 6.45) is 7.27. The largest absolute Gasteiger partial charge is 0.396 e. The molecule has 4 nitrogen and oxygen atoms in total. The lowest BCUT2D eigenvalue weighted by molar-refractivity contribution is 0.0938. The molecule has 0 saturated carbocycles. The summed E-state index contributed by atoms with van der Waals surface area (Å²) in [6, 6.07) is 12.6. The monoisotopic (exact) mass is 325 g/mol. The zero-order valence-corrected chi connectivity index (χ0v) is 14.5. The van der Waals surface area contributed by atoms with Gasteiger partial charge in [-0.15, -0.1) is 0 Å². The molecule has 2 heterocycles. The first-order valence-electron chi connectivity index (χ1n) is 8.90. The first-order valence-corrected chi connectivity index (χ1v) is 8.90. The Morgan fingerprint density at radius 1 is 1.21 bits per heavy atom. The topological polar surface area (TPSA) is 49.2 Å². The summed E-state index contributed by atoms with van der Waals surface area (Å²) >= 11 is 0. The van der Waals surface area contributed by atoms with Crippen molar-refractivity contribution in [3.63, 3.8) is 0 Å². The van der Waals surface area contributed by atoms with Gasteiger partial charge >= 0.3 is 0 Å². The number of rotatable bonds is 6. The van der Waals surface area contributed by atoms with E-state index in [-0.39, 0.29) is 12.0 Å². The lowest BCUT2D eigenvalue weighted by Gasteiger charge is -2.42. The third-order valence-corrected chi connectivity index (χ3v) is 5.10. The van der Waals surface area contributed by atoms with Gasteiger partial charge in [0.05, 0.1) is 6.61 Å². The van der Waals surface area contributed by atoms with Crippen LogP contribution in [0.1, 0.15) is 37.1 Å². The number of anilines is 1. The molecule has 1 aromatic heterocycles. The fraction of sp³-hybridized carbons (Fsp3) is 0.500. The Bertz CT molecular complexity index is 646. The van der Waals surface area contributed by atoms with E-state index in [1.165, 1.54) is 5.56 Å². The molecule has 1 aliphatic rings. The minimum Gasteiger partial charge on any atom is -0.396 e. The van der Waals surface area contributed by atoms with E-state index in [2.05, 4.69) is 45.2 Å². The van der Waals surface area contributed by atoms with E-state index in [0.29, 0.717) is 0 Å². The first-order chi connectivity index (χ1) is 11.7. The molecule has 0 aliphatic carbocycles. The molecule has 1 atom stereocenters. The number of aryl methyl sites for hydroxylation is 2. The number of aliphatic hydroxyl groups is 1. The molecular formula is C20H27N3O. The fourth-order valence-corrected chi connectivity index (χ4v) is 3.75. The molecule has 1 fully saturated rings. The number of nitrogens with zero attached hydrogens (tertiary/aromatic N) is 3. The summed E-state index contributed by atoms with van der Waals surface area (Å²) in [5, 5.41) is 10.1. The average molecular weight is 325 g/mol. The highest BCUT2D eigenvalue weighted by Crippen LogP contribution is 2.36. The van der Waals surface area contributed by atoms with Gasteiger partial charge in [0.25, 0.3) is 0 Å². The number of aliphatic hydroxyl groups excluding tert-OH is 1. The van der Waals surface area contributed by atoms with Gasteiger partial charge in [0, 0.05) is 24.7 Å². The molecule has 128 valence electrons. The molecule has 1 saturated heterocycles. The highest BCUT2D eigenvalue weighted by molar-refractivity contribution is 5.38. The molecule has 0 amide bonds. The lowest BCUT2D eigenvalue weighted by atomic mass is 9.76. The Morgan fingerprint density at radius 2 is 2.04 bits per heavy atom.